The van der Waals surface area contributed by atoms with E-state index in [0.717, 1.165) is 6.42 Å². The Morgan fingerprint density at radius 1 is 1.32 bits per heavy atom. The maximum atomic E-state index is 11.0. The number of nitro benzene ring substituents is 1. The van der Waals surface area contributed by atoms with Gasteiger partial charge in [0.05, 0.1) is 18.1 Å². The van der Waals surface area contributed by atoms with Gasteiger partial charge in [0, 0.05) is 25.8 Å². The zero-order chi connectivity index (χ0) is 14.1. The molecule has 0 saturated carbocycles. The van der Waals surface area contributed by atoms with Gasteiger partial charge >= 0.3 is 0 Å². The van der Waals surface area contributed by atoms with E-state index >= 15 is 0 Å². The number of anilines is 1. The summed E-state index contributed by atoms with van der Waals surface area (Å²) in [5.74, 6) is 0. The van der Waals surface area contributed by atoms with Gasteiger partial charge in [0.1, 0.15) is 5.69 Å². The van der Waals surface area contributed by atoms with Crippen LogP contribution in [0.3, 0.4) is 0 Å². The third-order valence-corrected chi connectivity index (χ3v) is 2.63. The highest BCUT2D eigenvalue weighted by molar-refractivity contribution is 5.64. The average molecular weight is 268 g/mol. The van der Waals surface area contributed by atoms with Gasteiger partial charge in [0.25, 0.3) is 5.69 Å². The number of nitrogens with one attached hydrogen (secondary N) is 1. The average Bonchev–Trinajstić information content (AvgIpc) is 2.37. The fourth-order valence-corrected chi connectivity index (χ4v) is 1.69. The lowest BCUT2D eigenvalue weighted by Gasteiger charge is -2.08. The normalized spacial score (nSPS) is 10.4. The van der Waals surface area contributed by atoms with Crippen LogP contribution in [0.5, 0.6) is 0 Å². The molecule has 0 amide bonds. The standard InChI is InChI=1S/C13H20N2O4/c1-11-5-3-6-12(13(11)15(16)17)14-7-4-8-19-10-9-18-2/h3,5-6,14H,4,7-10H2,1-2H3. The van der Waals surface area contributed by atoms with Gasteiger partial charge in [-0.2, -0.15) is 0 Å². The van der Waals surface area contributed by atoms with Crippen LogP contribution in [0, 0.1) is 17.0 Å². The van der Waals surface area contributed by atoms with Gasteiger partial charge in [-0.15, -0.1) is 0 Å². The molecule has 0 heterocycles. The topological polar surface area (TPSA) is 73.6 Å². The zero-order valence-corrected chi connectivity index (χ0v) is 11.3. The molecule has 1 aromatic carbocycles. The van der Waals surface area contributed by atoms with E-state index < -0.39 is 0 Å². The van der Waals surface area contributed by atoms with E-state index in [1.807, 2.05) is 0 Å². The van der Waals surface area contributed by atoms with E-state index in [1.165, 1.54) is 0 Å². The Bertz CT molecular complexity index is 410. The molecule has 0 radical (unpaired) electrons. The number of nitro groups is 1. The third kappa shape index (κ3) is 5.23. The van der Waals surface area contributed by atoms with Crippen molar-refractivity contribution in [2.45, 2.75) is 13.3 Å². The first-order chi connectivity index (χ1) is 9.16. The van der Waals surface area contributed by atoms with E-state index in [4.69, 9.17) is 9.47 Å². The van der Waals surface area contributed by atoms with Gasteiger partial charge in [-0.3, -0.25) is 10.1 Å². The third-order valence-electron chi connectivity index (χ3n) is 2.63. The van der Waals surface area contributed by atoms with Crippen molar-refractivity contribution >= 4 is 11.4 Å². The predicted octanol–water partition coefficient (Wildman–Crippen LogP) is 2.37. The first kappa shape index (κ1) is 15.4. The maximum Gasteiger partial charge on any atom is 0.295 e. The lowest BCUT2D eigenvalue weighted by atomic mass is 10.1. The van der Waals surface area contributed by atoms with E-state index in [1.54, 1.807) is 32.2 Å². The van der Waals surface area contributed by atoms with E-state index in [-0.39, 0.29) is 10.6 Å². The summed E-state index contributed by atoms with van der Waals surface area (Å²) in [4.78, 5) is 10.6. The van der Waals surface area contributed by atoms with Crippen molar-refractivity contribution in [3.63, 3.8) is 0 Å². The zero-order valence-electron chi connectivity index (χ0n) is 11.3. The van der Waals surface area contributed by atoms with Crippen LogP contribution in [-0.2, 0) is 9.47 Å². The van der Waals surface area contributed by atoms with Gasteiger partial charge < -0.3 is 14.8 Å². The highest BCUT2D eigenvalue weighted by Crippen LogP contribution is 2.27. The van der Waals surface area contributed by atoms with Crippen LogP contribution in [0.4, 0.5) is 11.4 Å². The monoisotopic (exact) mass is 268 g/mol. The van der Waals surface area contributed by atoms with E-state index in [9.17, 15) is 10.1 Å². The molecule has 19 heavy (non-hydrogen) atoms. The number of hydrogen-bond donors (Lipinski definition) is 1. The summed E-state index contributed by atoms with van der Waals surface area (Å²) in [6.07, 6.45) is 0.787. The van der Waals surface area contributed by atoms with Crippen molar-refractivity contribution in [2.24, 2.45) is 0 Å². The number of hydrogen-bond acceptors (Lipinski definition) is 5. The highest BCUT2D eigenvalue weighted by atomic mass is 16.6. The van der Waals surface area contributed by atoms with E-state index in [0.29, 0.717) is 37.6 Å². The van der Waals surface area contributed by atoms with E-state index in [2.05, 4.69) is 5.32 Å². The van der Waals surface area contributed by atoms with Crippen molar-refractivity contribution in [2.75, 3.05) is 38.8 Å². The molecular formula is C13H20N2O4. The molecule has 0 bridgehead atoms. The number of nitrogens with zero attached hydrogens (tertiary/aromatic N) is 1. The smallest absolute Gasteiger partial charge is 0.295 e. The first-order valence-electron chi connectivity index (χ1n) is 6.21. The summed E-state index contributed by atoms with van der Waals surface area (Å²) >= 11 is 0. The van der Waals surface area contributed by atoms with Crippen molar-refractivity contribution in [1.29, 1.82) is 0 Å². The molecule has 1 aromatic rings. The fourth-order valence-electron chi connectivity index (χ4n) is 1.69. The second-order valence-electron chi connectivity index (χ2n) is 4.11. The molecule has 0 atom stereocenters. The summed E-state index contributed by atoms with van der Waals surface area (Å²) in [5.41, 5.74) is 1.36. The van der Waals surface area contributed by atoms with Crippen molar-refractivity contribution in [1.82, 2.24) is 0 Å². The van der Waals surface area contributed by atoms with Crippen LogP contribution in [-0.4, -0.2) is 38.4 Å². The lowest BCUT2D eigenvalue weighted by Crippen LogP contribution is -2.09. The molecule has 0 aliphatic heterocycles. The number of benzene rings is 1. The largest absolute Gasteiger partial charge is 0.382 e. The molecule has 6 heteroatoms. The number of rotatable bonds is 9. The molecule has 1 rings (SSSR count). The quantitative estimate of drug-likeness (QED) is 0.423. The highest BCUT2D eigenvalue weighted by Gasteiger charge is 2.15. The van der Waals surface area contributed by atoms with Gasteiger partial charge in [-0.05, 0) is 19.4 Å². The van der Waals surface area contributed by atoms with Gasteiger partial charge in [-0.1, -0.05) is 12.1 Å². The Morgan fingerprint density at radius 2 is 2.11 bits per heavy atom. The van der Waals surface area contributed by atoms with Crippen molar-refractivity contribution < 1.29 is 14.4 Å². The van der Waals surface area contributed by atoms with Crippen LogP contribution < -0.4 is 5.32 Å². The molecule has 0 fully saturated rings. The van der Waals surface area contributed by atoms with Gasteiger partial charge in [0.15, 0.2) is 0 Å². The maximum absolute atomic E-state index is 11.0. The predicted molar refractivity (Wildman–Crippen MR) is 73.6 cm³/mol. The number of methoxy groups -OCH3 is 1. The summed E-state index contributed by atoms with van der Waals surface area (Å²) in [7, 11) is 1.63. The SMILES string of the molecule is COCCOCCCNc1cccc(C)c1[N+](=O)[O-]. The summed E-state index contributed by atoms with van der Waals surface area (Å²) in [6, 6.07) is 5.26. The van der Waals surface area contributed by atoms with Gasteiger partial charge in [0.2, 0.25) is 0 Å². The lowest BCUT2D eigenvalue weighted by molar-refractivity contribution is -0.384. The van der Waals surface area contributed by atoms with Crippen LogP contribution in [0.1, 0.15) is 12.0 Å². The Labute approximate surface area is 112 Å². The molecule has 0 saturated heterocycles. The fraction of sp³-hybridized carbons (Fsp3) is 0.538. The Morgan fingerprint density at radius 3 is 2.79 bits per heavy atom. The summed E-state index contributed by atoms with van der Waals surface area (Å²) in [5, 5.41) is 14.1. The number of aryl methyl sites for hydroxylation is 1. The minimum absolute atomic E-state index is 0.141. The Hall–Kier alpha value is -1.66. The van der Waals surface area contributed by atoms with Crippen LogP contribution >= 0.6 is 0 Å². The number of ether oxygens (including phenoxy) is 2. The number of para-hydroxylation sites is 1. The minimum atomic E-state index is -0.354. The molecule has 6 nitrogen and oxygen atoms in total. The molecule has 0 aliphatic rings. The molecule has 106 valence electrons. The van der Waals surface area contributed by atoms with Crippen LogP contribution in [0.15, 0.2) is 18.2 Å². The van der Waals surface area contributed by atoms with Gasteiger partial charge in [-0.25, -0.2) is 0 Å². The van der Waals surface area contributed by atoms with Crippen LogP contribution in [0.25, 0.3) is 0 Å². The van der Waals surface area contributed by atoms with Crippen LogP contribution in [0.2, 0.25) is 0 Å². The summed E-state index contributed by atoms with van der Waals surface area (Å²) in [6.45, 7) is 4.13. The molecule has 0 aromatic heterocycles. The minimum Gasteiger partial charge on any atom is -0.382 e. The molecular weight excluding hydrogens is 248 g/mol. The molecule has 0 unspecified atom stereocenters. The molecule has 0 spiro atoms. The van der Waals surface area contributed by atoms with Crippen molar-refractivity contribution in [3.05, 3.63) is 33.9 Å². The second-order valence-corrected chi connectivity index (χ2v) is 4.11. The summed E-state index contributed by atoms with van der Waals surface area (Å²) < 4.78 is 10.2. The first-order valence-corrected chi connectivity index (χ1v) is 6.21. The Kier molecular flexibility index (Phi) is 6.84. The Balaban J connectivity index is 2.37. The van der Waals surface area contributed by atoms with Crippen molar-refractivity contribution in [3.8, 4) is 0 Å². The second kappa shape index (κ2) is 8.44. The molecule has 0 aliphatic carbocycles. The molecule has 1 N–H and O–H groups in total.